The fraction of sp³-hybridized carbons (Fsp3) is 0.750. The predicted molar refractivity (Wildman–Crippen MR) is 65.8 cm³/mol. The van der Waals surface area contributed by atoms with Gasteiger partial charge in [0.05, 0.1) is 0 Å². The van der Waals surface area contributed by atoms with Crippen LogP contribution < -0.4 is 5.32 Å². The highest BCUT2D eigenvalue weighted by atomic mass is 16.6. The molecule has 1 rings (SSSR count). The number of ether oxygens (including phenoxy) is 1. The molecule has 1 heterocycles. The van der Waals surface area contributed by atoms with Crippen LogP contribution in [0, 0.1) is 0 Å². The number of hydrogen-bond acceptors (Lipinski definition) is 4. The van der Waals surface area contributed by atoms with E-state index in [-0.39, 0.29) is 12.7 Å². The van der Waals surface area contributed by atoms with E-state index in [0.29, 0.717) is 13.1 Å². The van der Waals surface area contributed by atoms with Gasteiger partial charge in [-0.25, -0.2) is 4.79 Å². The third-order valence-electron chi connectivity index (χ3n) is 2.68. The first kappa shape index (κ1) is 14.0. The summed E-state index contributed by atoms with van der Waals surface area (Å²) in [7, 11) is 0. The highest BCUT2D eigenvalue weighted by Crippen LogP contribution is 2.09. The van der Waals surface area contributed by atoms with E-state index in [4.69, 9.17) is 4.74 Å². The van der Waals surface area contributed by atoms with Crippen molar-refractivity contribution < 1.29 is 14.6 Å². The monoisotopic (exact) mass is 242 g/mol. The first-order chi connectivity index (χ1) is 8.24. The van der Waals surface area contributed by atoms with Crippen molar-refractivity contribution in [3.8, 4) is 0 Å². The van der Waals surface area contributed by atoms with Gasteiger partial charge in [0, 0.05) is 26.2 Å². The van der Waals surface area contributed by atoms with E-state index in [9.17, 15) is 9.90 Å². The lowest BCUT2D eigenvalue weighted by molar-refractivity contribution is 0.0450. The van der Waals surface area contributed by atoms with Crippen LogP contribution >= 0.6 is 0 Å². The van der Waals surface area contributed by atoms with E-state index in [1.165, 1.54) is 6.42 Å². The van der Waals surface area contributed by atoms with Gasteiger partial charge in [0.1, 0.15) is 12.7 Å². The smallest absolute Gasteiger partial charge is 0.409 e. The molecule has 1 aliphatic heterocycles. The molecule has 1 amide bonds. The molecule has 5 heteroatoms. The maximum atomic E-state index is 11.6. The summed E-state index contributed by atoms with van der Waals surface area (Å²) >= 11 is 0. The van der Waals surface area contributed by atoms with Crippen molar-refractivity contribution in [3.05, 3.63) is 12.7 Å². The molecule has 0 aromatic heterocycles. The zero-order valence-corrected chi connectivity index (χ0v) is 10.2. The number of carbonyl (C=O) groups is 1. The SMILES string of the molecule is C=CCNCC(O)COC(=O)N1CCCCC1. The Labute approximate surface area is 102 Å². The second-order valence-corrected chi connectivity index (χ2v) is 4.23. The van der Waals surface area contributed by atoms with Gasteiger partial charge >= 0.3 is 6.09 Å². The molecule has 0 bridgehead atoms. The number of aliphatic hydroxyl groups is 1. The second-order valence-electron chi connectivity index (χ2n) is 4.23. The zero-order valence-electron chi connectivity index (χ0n) is 10.2. The van der Waals surface area contributed by atoms with Crippen LogP contribution in [0.3, 0.4) is 0 Å². The van der Waals surface area contributed by atoms with Crippen LogP contribution in [0.2, 0.25) is 0 Å². The van der Waals surface area contributed by atoms with Crippen LogP contribution in [-0.2, 0) is 4.74 Å². The first-order valence-electron chi connectivity index (χ1n) is 6.15. The zero-order chi connectivity index (χ0) is 12.5. The van der Waals surface area contributed by atoms with Gasteiger partial charge in [-0.2, -0.15) is 0 Å². The van der Waals surface area contributed by atoms with Crippen LogP contribution in [0.25, 0.3) is 0 Å². The predicted octanol–water partition coefficient (Wildman–Crippen LogP) is 0.745. The summed E-state index contributed by atoms with van der Waals surface area (Å²) in [4.78, 5) is 13.3. The van der Waals surface area contributed by atoms with Gasteiger partial charge < -0.3 is 20.1 Å². The number of amides is 1. The lowest BCUT2D eigenvalue weighted by Crippen LogP contribution is -2.38. The topological polar surface area (TPSA) is 61.8 Å². The Morgan fingerprint density at radius 2 is 2.18 bits per heavy atom. The maximum Gasteiger partial charge on any atom is 0.409 e. The van der Waals surface area contributed by atoms with Crippen molar-refractivity contribution in [2.24, 2.45) is 0 Å². The number of rotatable bonds is 6. The quantitative estimate of drug-likeness (QED) is 0.533. The summed E-state index contributed by atoms with van der Waals surface area (Å²) in [5, 5.41) is 12.5. The first-order valence-corrected chi connectivity index (χ1v) is 6.15. The van der Waals surface area contributed by atoms with E-state index in [2.05, 4.69) is 11.9 Å². The number of nitrogens with one attached hydrogen (secondary N) is 1. The summed E-state index contributed by atoms with van der Waals surface area (Å²) in [6.07, 6.45) is 4.00. The van der Waals surface area contributed by atoms with Crippen molar-refractivity contribution in [1.82, 2.24) is 10.2 Å². The van der Waals surface area contributed by atoms with Crippen molar-refractivity contribution in [3.63, 3.8) is 0 Å². The lowest BCUT2D eigenvalue weighted by Gasteiger charge is -2.26. The molecular formula is C12H22N2O3. The second kappa shape index (κ2) is 8.08. The number of likely N-dealkylation sites (tertiary alicyclic amines) is 1. The molecule has 1 atom stereocenters. The molecule has 0 saturated carbocycles. The third-order valence-corrected chi connectivity index (χ3v) is 2.68. The summed E-state index contributed by atoms with van der Waals surface area (Å²) in [6.45, 7) is 6.17. The molecule has 1 unspecified atom stereocenters. The third kappa shape index (κ3) is 5.70. The van der Waals surface area contributed by atoms with Gasteiger partial charge in [0.2, 0.25) is 0 Å². The van der Waals surface area contributed by atoms with Gasteiger partial charge in [-0.15, -0.1) is 6.58 Å². The molecule has 0 spiro atoms. The van der Waals surface area contributed by atoms with Crippen LogP contribution in [0.5, 0.6) is 0 Å². The Morgan fingerprint density at radius 3 is 2.82 bits per heavy atom. The molecule has 0 aliphatic carbocycles. The molecule has 0 aromatic rings. The van der Waals surface area contributed by atoms with E-state index < -0.39 is 6.10 Å². The van der Waals surface area contributed by atoms with Crippen LogP contribution in [0.15, 0.2) is 12.7 Å². The molecule has 1 fully saturated rings. The molecule has 2 N–H and O–H groups in total. The van der Waals surface area contributed by atoms with E-state index >= 15 is 0 Å². The van der Waals surface area contributed by atoms with Crippen LogP contribution in [0.4, 0.5) is 4.79 Å². The van der Waals surface area contributed by atoms with Gasteiger partial charge in [0.15, 0.2) is 0 Å². The maximum absolute atomic E-state index is 11.6. The van der Waals surface area contributed by atoms with Crippen molar-refractivity contribution in [1.29, 1.82) is 0 Å². The van der Waals surface area contributed by atoms with Crippen LogP contribution in [-0.4, -0.2) is 55.0 Å². The highest BCUT2D eigenvalue weighted by Gasteiger charge is 2.18. The molecule has 1 aliphatic rings. The molecule has 5 nitrogen and oxygen atoms in total. The number of nitrogens with zero attached hydrogens (tertiary/aromatic N) is 1. The van der Waals surface area contributed by atoms with Gasteiger partial charge in [0.25, 0.3) is 0 Å². The number of hydrogen-bond donors (Lipinski definition) is 2. The summed E-state index contributed by atoms with van der Waals surface area (Å²) in [6, 6.07) is 0. The number of piperidine rings is 1. The fourth-order valence-corrected chi connectivity index (χ4v) is 1.75. The standard InChI is InChI=1S/C12H22N2O3/c1-2-6-13-9-11(15)10-17-12(16)14-7-4-3-5-8-14/h2,11,13,15H,1,3-10H2. The van der Waals surface area contributed by atoms with Crippen molar-refractivity contribution >= 4 is 6.09 Å². The molecule has 98 valence electrons. The minimum atomic E-state index is -0.663. The fourth-order valence-electron chi connectivity index (χ4n) is 1.75. The number of aliphatic hydroxyl groups excluding tert-OH is 1. The van der Waals surface area contributed by atoms with Gasteiger partial charge in [-0.05, 0) is 19.3 Å². The summed E-state index contributed by atoms with van der Waals surface area (Å²) in [5.41, 5.74) is 0. The lowest BCUT2D eigenvalue weighted by atomic mass is 10.1. The van der Waals surface area contributed by atoms with E-state index in [0.717, 1.165) is 25.9 Å². The highest BCUT2D eigenvalue weighted by molar-refractivity contribution is 5.67. The Hall–Kier alpha value is -1.07. The average Bonchev–Trinajstić information content (AvgIpc) is 2.37. The van der Waals surface area contributed by atoms with Gasteiger partial charge in [-0.3, -0.25) is 0 Å². The summed E-state index contributed by atoms with van der Waals surface area (Å²) < 4.78 is 5.05. The summed E-state index contributed by atoms with van der Waals surface area (Å²) in [5.74, 6) is 0. The van der Waals surface area contributed by atoms with Gasteiger partial charge in [-0.1, -0.05) is 6.08 Å². The molecule has 0 radical (unpaired) electrons. The Morgan fingerprint density at radius 1 is 1.47 bits per heavy atom. The largest absolute Gasteiger partial charge is 0.447 e. The normalized spacial score (nSPS) is 17.6. The van der Waals surface area contributed by atoms with E-state index in [1.807, 2.05) is 0 Å². The molecular weight excluding hydrogens is 220 g/mol. The minimum Gasteiger partial charge on any atom is -0.447 e. The van der Waals surface area contributed by atoms with E-state index in [1.54, 1.807) is 11.0 Å². The Balaban J connectivity index is 2.11. The minimum absolute atomic E-state index is 0.0411. The molecule has 1 saturated heterocycles. The Bertz CT molecular complexity index is 240. The van der Waals surface area contributed by atoms with Crippen LogP contribution in [0.1, 0.15) is 19.3 Å². The average molecular weight is 242 g/mol. The Kier molecular flexibility index (Phi) is 6.65. The van der Waals surface area contributed by atoms with Crippen molar-refractivity contribution in [2.75, 3.05) is 32.8 Å². The number of carbonyl (C=O) groups excluding carboxylic acids is 1. The molecule has 0 aromatic carbocycles. The van der Waals surface area contributed by atoms with Crippen molar-refractivity contribution in [2.45, 2.75) is 25.4 Å². The molecule has 17 heavy (non-hydrogen) atoms.